The Bertz CT molecular complexity index is 1250. The molecule has 7 heteroatoms. The quantitative estimate of drug-likeness (QED) is 0.624. The van der Waals surface area contributed by atoms with Gasteiger partial charge in [0.25, 0.3) is 0 Å². The summed E-state index contributed by atoms with van der Waals surface area (Å²) in [5, 5.41) is 0.0835. The fourth-order valence-corrected chi connectivity index (χ4v) is 5.59. The summed E-state index contributed by atoms with van der Waals surface area (Å²) in [7, 11) is -4.01. The Morgan fingerprint density at radius 2 is 1.90 bits per heavy atom. The third-order valence-electron chi connectivity index (χ3n) is 5.80. The first-order valence-corrected chi connectivity index (χ1v) is 11.7. The molecule has 1 aliphatic rings. The van der Waals surface area contributed by atoms with Gasteiger partial charge in [0.2, 0.25) is 15.3 Å². The molecule has 0 amide bonds. The number of hydrogen-bond donors (Lipinski definition) is 0. The van der Waals surface area contributed by atoms with Gasteiger partial charge in [0.1, 0.15) is 10.7 Å². The van der Waals surface area contributed by atoms with E-state index in [9.17, 15) is 13.2 Å². The lowest BCUT2D eigenvalue weighted by atomic mass is 9.99. The van der Waals surface area contributed by atoms with Gasteiger partial charge in [-0.05, 0) is 49.9 Å². The molecule has 1 saturated heterocycles. The summed E-state index contributed by atoms with van der Waals surface area (Å²) >= 11 is 0. The number of aryl methyl sites for hydroxylation is 1. The number of halogens is 1. The van der Waals surface area contributed by atoms with Crippen LogP contribution in [0.5, 0.6) is 0 Å². The standard InChI is InChI=1S/C23H25FN2O3S/c1-3-25-15-22(30(28,29)17-9-5-4-6-10-17)23(27)18-12-19(24)21(13-20(18)25)26-11-7-8-16(2)14-26/h4-6,9-10,12-13,15-16H,3,7-8,11,14H2,1-2H3. The van der Waals surface area contributed by atoms with Gasteiger partial charge in [-0.25, -0.2) is 12.8 Å². The van der Waals surface area contributed by atoms with E-state index in [4.69, 9.17) is 0 Å². The second-order valence-electron chi connectivity index (χ2n) is 7.94. The number of anilines is 1. The number of fused-ring (bicyclic) bond motifs is 1. The van der Waals surface area contributed by atoms with Gasteiger partial charge in [-0.1, -0.05) is 25.1 Å². The van der Waals surface area contributed by atoms with Crippen LogP contribution >= 0.6 is 0 Å². The molecular weight excluding hydrogens is 403 g/mol. The lowest BCUT2D eigenvalue weighted by molar-refractivity contribution is 0.442. The molecule has 4 rings (SSSR count). The van der Waals surface area contributed by atoms with Gasteiger partial charge in [0.15, 0.2) is 0 Å². The van der Waals surface area contributed by atoms with E-state index < -0.39 is 21.1 Å². The molecule has 1 fully saturated rings. The SMILES string of the molecule is CCn1cc(S(=O)(=O)c2ccccc2)c(=O)c2cc(F)c(N3CCCC(C)C3)cc21. The second kappa shape index (κ2) is 7.87. The number of piperidine rings is 1. The minimum atomic E-state index is -4.01. The Labute approximate surface area is 175 Å². The van der Waals surface area contributed by atoms with Gasteiger partial charge < -0.3 is 9.47 Å². The highest BCUT2D eigenvalue weighted by molar-refractivity contribution is 7.91. The Hall–Kier alpha value is -2.67. The van der Waals surface area contributed by atoms with E-state index in [2.05, 4.69) is 6.92 Å². The first kappa shape index (κ1) is 20.6. The molecule has 0 bridgehead atoms. The summed E-state index contributed by atoms with van der Waals surface area (Å²) in [5.41, 5.74) is 0.342. The van der Waals surface area contributed by atoms with E-state index in [1.807, 2.05) is 11.8 Å². The topological polar surface area (TPSA) is 59.4 Å². The van der Waals surface area contributed by atoms with E-state index in [-0.39, 0.29) is 15.2 Å². The van der Waals surface area contributed by atoms with Gasteiger partial charge in [-0.3, -0.25) is 4.79 Å². The summed E-state index contributed by atoms with van der Waals surface area (Å²) in [4.78, 5) is 14.9. The highest BCUT2D eigenvalue weighted by Gasteiger charge is 2.25. The Morgan fingerprint density at radius 3 is 2.57 bits per heavy atom. The molecule has 5 nitrogen and oxygen atoms in total. The van der Waals surface area contributed by atoms with Crippen molar-refractivity contribution in [2.24, 2.45) is 5.92 Å². The molecule has 0 spiro atoms. The first-order chi connectivity index (χ1) is 14.3. The molecule has 0 radical (unpaired) electrons. The van der Waals surface area contributed by atoms with Crippen LogP contribution in [-0.2, 0) is 16.4 Å². The predicted molar refractivity (Wildman–Crippen MR) is 116 cm³/mol. The second-order valence-corrected chi connectivity index (χ2v) is 9.86. The maximum Gasteiger partial charge on any atom is 0.211 e. The molecule has 2 aromatic carbocycles. The largest absolute Gasteiger partial charge is 0.369 e. The van der Waals surface area contributed by atoms with Gasteiger partial charge in [0, 0.05) is 25.8 Å². The van der Waals surface area contributed by atoms with Gasteiger partial charge in [-0.15, -0.1) is 0 Å². The molecular formula is C23H25FN2O3S. The number of aromatic nitrogens is 1. The molecule has 0 saturated carbocycles. The average Bonchev–Trinajstić information content (AvgIpc) is 2.74. The summed E-state index contributed by atoms with van der Waals surface area (Å²) in [6.07, 6.45) is 3.49. The normalized spacial score (nSPS) is 17.4. The molecule has 1 aromatic heterocycles. The molecule has 3 aromatic rings. The van der Waals surface area contributed by atoms with Crippen molar-refractivity contribution in [3.05, 3.63) is 64.7 Å². The van der Waals surface area contributed by atoms with Crippen molar-refractivity contribution in [3.63, 3.8) is 0 Å². The highest BCUT2D eigenvalue weighted by atomic mass is 32.2. The van der Waals surface area contributed by atoms with E-state index in [1.165, 1.54) is 24.4 Å². The number of benzene rings is 2. The zero-order valence-electron chi connectivity index (χ0n) is 17.1. The molecule has 30 heavy (non-hydrogen) atoms. The molecule has 0 N–H and O–H groups in total. The van der Waals surface area contributed by atoms with Crippen molar-refractivity contribution in [2.75, 3.05) is 18.0 Å². The lowest BCUT2D eigenvalue weighted by Crippen LogP contribution is -2.35. The average molecular weight is 429 g/mol. The Morgan fingerprint density at radius 1 is 1.17 bits per heavy atom. The van der Waals surface area contributed by atoms with Crippen molar-refractivity contribution in [1.29, 1.82) is 0 Å². The van der Waals surface area contributed by atoms with Crippen LogP contribution in [0.15, 0.2) is 63.2 Å². The highest BCUT2D eigenvalue weighted by Crippen LogP contribution is 2.30. The number of rotatable bonds is 4. The summed E-state index contributed by atoms with van der Waals surface area (Å²) in [5.74, 6) is -0.0220. The monoisotopic (exact) mass is 428 g/mol. The molecule has 1 aliphatic heterocycles. The smallest absolute Gasteiger partial charge is 0.211 e. The maximum atomic E-state index is 15.1. The van der Waals surface area contributed by atoms with Gasteiger partial charge >= 0.3 is 0 Å². The van der Waals surface area contributed by atoms with Crippen LogP contribution in [0.25, 0.3) is 10.9 Å². The molecule has 2 heterocycles. The van der Waals surface area contributed by atoms with E-state index in [0.717, 1.165) is 25.9 Å². The number of sulfone groups is 1. The van der Waals surface area contributed by atoms with E-state index >= 15 is 4.39 Å². The van der Waals surface area contributed by atoms with Crippen LogP contribution < -0.4 is 10.3 Å². The first-order valence-electron chi connectivity index (χ1n) is 10.2. The van der Waals surface area contributed by atoms with Crippen LogP contribution in [0.4, 0.5) is 10.1 Å². The van der Waals surface area contributed by atoms with Crippen LogP contribution in [0.3, 0.4) is 0 Å². The van der Waals surface area contributed by atoms with Crippen molar-refractivity contribution in [1.82, 2.24) is 4.57 Å². The minimum Gasteiger partial charge on any atom is -0.369 e. The molecule has 1 unspecified atom stereocenters. The van der Waals surface area contributed by atoms with Gasteiger partial charge in [-0.2, -0.15) is 0 Å². The van der Waals surface area contributed by atoms with E-state index in [1.54, 1.807) is 28.8 Å². The summed E-state index contributed by atoms with van der Waals surface area (Å²) < 4.78 is 42.9. The van der Waals surface area contributed by atoms with E-state index in [0.29, 0.717) is 23.7 Å². The zero-order valence-corrected chi connectivity index (χ0v) is 18.0. The third-order valence-corrected chi connectivity index (χ3v) is 7.56. The fraction of sp³-hybridized carbons (Fsp3) is 0.348. The van der Waals surface area contributed by atoms with Gasteiger partial charge in [0.05, 0.1) is 21.5 Å². The molecule has 0 aliphatic carbocycles. The lowest BCUT2D eigenvalue weighted by Gasteiger charge is -2.33. The molecule has 1 atom stereocenters. The molecule has 158 valence electrons. The van der Waals surface area contributed by atoms with Crippen molar-refractivity contribution >= 4 is 26.4 Å². The summed E-state index contributed by atoms with van der Waals surface area (Å²) in [6.45, 7) is 6.00. The Kier molecular flexibility index (Phi) is 5.40. The van der Waals surface area contributed by atoms with Crippen LogP contribution in [0, 0.1) is 11.7 Å². The number of hydrogen-bond acceptors (Lipinski definition) is 4. The zero-order chi connectivity index (χ0) is 21.5. The van der Waals surface area contributed by atoms with Crippen LogP contribution in [0.1, 0.15) is 26.7 Å². The third kappa shape index (κ3) is 3.51. The van der Waals surface area contributed by atoms with Crippen molar-refractivity contribution < 1.29 is 12.8 Å². The minimum absolute atomic E-state index is 0.0449. The van der Waals surface area contributed by atoms with Crippen molar-refractivity contribution in [3.8, 4) is 0 Å². The number of pyridine rings is 1. The Balaban J connectivity index is 1.92. The summed E-state index contributed by atoms with van der Waals surface area (Å²) in [6, 6.07) is 10.7. The van der Waals surface area contributed by atoms with Crippen LogP contribution in [-0.4, -0.2) is 26.1 Å². The number of nitrogens with zero attached hydrogens (tertiary/aromatic N) is 2. The predicted octanol–water partition coefficient (Wildman–Crippen LogP) is 4.23. The van der Waals surface area contributed by atoms with Crippen molar-refractivity contribution in [2.45, 2.75) is 43.0 Å². The fourth-order valence-electron chi connectivity index (χ4n) is 4.20. The van der Waals surface area contributed by atoms with Crippen LogP contribution in [0.2, 0.25) is 0 Å². The maximum absolute atomic E-state index is 15.1.